The van der Waals surface area contributed by atoms with Crippen LogP contribution < -0.4 is 0 Å². The average molecular weight is 371 g/mol. The van der Waals surface area contributed by atoms with E-state index in [2.05, 4.69) is 23.9 Å². The molecule has 0 aromatic carbocycles. The lowest BCUT2D eigenvalue weighted by atomic mass is 9.49. The molecule has 5 rings (SSSR count). The Morgan fingerprint density at radius 1 is 0.815 bits per heavy atom. The van der Waals surface area contributed by atoms with Gasteiger partial charge in [0, 0.05) is 24.4 Å². The number of hydrogen-bond donors (Lipinski definition) is 0. The van der Waals surface area contributed by atoms with Crippen molar-refractivity contribution in [3.8, 4) is 0 Å². The zero-order chi connectivity index (χ0) is 18.5. The molecule has 0 N–H and O–H groups in total. The van der Waals surface area contributed by atoms with Crippen molar-refractivity contribution >= 4 is 0 Å². The van der Waals surface area contributed by atoms with Gasteiger partial charge in [-0.3, -0.25) is 0 Å². The zero-order valence-corrected chi connectivity index (χ0v) is 17.8. The highest BCUT2D eigenvalue weighted by Gasteiger charge is 2.53. The van der Waals surface area contributed by atoms with E-state index in [1.54, 1.807) is 0 Å². The highest BCUT2D eigenvalue weighted by Crippen LogP contribution is 2.60. The Hall–Kier alpha value is -0.790. The van der Waals surface area contributed by atoms with E-state index in [9.17, 15) is 0 Å². The van der Waals surface area contributed by atoms with Crippen LogP contribution in [0.15, 0.2) is 12.4 Å². The van der Waals surface area contributed by atoms with Crippen molar-refractivity contribution < 1.29 is 0 Å². The van der Waals surface area contributed by atoms with Crippen LogP contribution in [0.1, 0.15) is 115 Å². The Morgan fingerprint density at radius 2 is 1.33 bits per heavy atom. The lowest BCUT2D eigenvalue weighted by molar-refractivity contribution is -0.0110. The SMILES string of the molecule is CCCCCCCCCCCCn1ccnc1C12CC3CC(CC(C3)C1)C2. The summed E-state index contributed by atoms with van der Waals surface area (Å²) in [6, 6.07) is 0. The van der Waals surface area contributed by atoms with Gasteiger partial charge in [-0.2, -0.15) is 0 Å². The molecular weight excluding hydrogens is 328 g/mol. The van der Waals surface area contributed by atoms with E-state index in [4.69, 9.17) is 4.98 Å². The summed E-state index contributed by atoms with van der Waals surface area (Å²) in [5.41, 5.74) is 0.455. The number of aryl methyl sites for hydroxylation is 1. The van der Waals surface area contributed by atoms with Crippen molar-refractivity contribution in [1.82, 2.24) is 9.55 Å². The van der Waals surface area contributed by atoms with Crippen molar-refractivity contribution in [2.24, 2.45) is 17.8 Å². The molecule has 1 aromatic rings. The topological polar surface area (TPSA) is 17.8 Å². The second kappa shape index (κ2) is 9.14. The van der Waals surface area contributed by atoms with Crippen molar-refractivity contribution in [2.45, 2.75) is 122 Å². The maximum absolute atomic E-state index is 4.93. The number of nitrogens with zero attached hydrogens (tertiary/aromatic N) is 2. The fourth-order valence-electron chi connectivity index (χ4n) is 7.11. The molecule has 4 aliphatic rings. The quantitative estimate of drug-likeness (QED) is 0.354. The fourth-order valence-corrected chi connectivity index (χ4v) is 7.11. The van der Waals surface area contributed by atoms with Gasteiger partial charge in [0.2, 0.25) is 0 Å². The minimum absolute atomic E-state index is 0.455. The lowest BCUT2D eigenvalue weighted by Crippen LogP contribution is -2.49. The van der Waals surface area contributed by atoms with Crippen LogP contribution in [0.5, 0.6) is 0 Å². The molecule has 0 saturated heterocycles. The third kappa shape index (κ3) is 4.62. The van der Waals surface area contributed by atoms with E-state index in [0.29, 0.717) is 5.41 Å². The van der Waals surface area contributed by atoms with Crippen LogP contribution in [0.4, 0.5) is 0 Å². The third-order valence-corrected chi connectivity index (χ3v) is 7.98. The second-order valence-electron chi connectivity index (χ2n) is 10.3. The standard InChI is InChI=1S/C25H42N2/c1-2-3-4-5-6-7-8-9-10-11-13-27-14-12-26-24(27)25-18-21-15-22(19-25)17-23(16-21)20-25/h12,14,21-23H,2-11,13,15-20H2,1H3. The Balaban J connectivity index is 1.19. The van der Waals surface area contributed by atoms with Crippen LogP contribution in [0, 0.1) is 17.8 Å². The van der Waals surface area contributed by atoms with Crippen molar-refractivity contribution in [1.29, 1.82) is 0 Å². The summed E-state index contributed by atoms with van der Waals surface area (Å²) in [5, 5.41) is 0. The minimum atomic E-state index is 0.455. The molecule has 0 unspecified atom stereocenters. The maximum Gasteiger partial charge on any atom is 0.114 e. The Labute approximate surface area is 167 Å². The summed E-state index contributed by atoms with van der Waals surface area (Å²) < 4.78 is 2.55. The normalized spacial score (nSPS) is 31.7. The predicted molar refractivity (Wildman–Crippen MR) is 114 cm³/mol. The zero-order valence-electron chi connectivity index (χ0n) is 17.8. The monoisotopic (exact) mass is 370 g/mol. The molecule has 1 aromatic heterocycles. The molecule has 2 heteroatoms. The molecule has 0 amide bonds. The first-order valence-electron chi connectivity index (χ1n) is 12.3. The highest BCUT2D eigenvalue weighted by molar-refractivity contribution is 5.18. The number of hydrogen-bond acceptors (Lipinski definition) is 1. The van der Waals surface area contributed by atoms with Crippen molar-refractivity contribution in [3.63, 3.8) is 0 Å². The van der Waals surface area contributed by atoms with Gasteiger partial charge >= 0.3 is 0 Å². The van der Waals surface area contributed by atoms with Crippen LogP contribution >= 0.6 is 0 Å². The summed E-state index contributed by atoms with van der Waals surface area (Å²) in [4.78, 5) is 4.93. The van der Waals surface area contributed by atoms with Crippen LogP contribution in [0.25, 0.3) is 0 Å². The molecule has 152 valence electrons. The molecule has 0 spiro atoms. The highest BCUT2D eigenvalue weighted by atomic mass is 15.1. The molecule has 4 bridgehead atoms. The lowest BCUT2D eigenvalue weighted by Gasteiger charge is -2.56. The van der Waals surface area contributed by atoms with Crippen LogP contribution in [-0.4, -0.2) is 9.55 Å². The summed E-state index contributed by atoms with van der Waals surface area (Å²) in [7, 11) is 0. The van der Waals surface area contributed by atoms with E-state index < -0.39 is 0 Å². The van der Waals surface area contributed by atoms with E-state index in [-0.39, 0.29) is 0 Å². The number of rotatable bonds is 12. The molecule has 1 heterocycles. The van der Waals surface area contributed by atoms with Crippen molar-refractivity contribution in [2.75, 3.05) is 0 Å². The molecule has 4 aliphatic carbocycles. The first-order chi connectivity index (χ1) is 13.3. The van der Waals surface area contributed by atoms with Crippen LogP contribution in [0.2, 0.25) is 0 Å². The van der Waals surface area contributed by atoms with Crippen LogP contribution in [-0.2, 0) is 12.0 Å². The molecular formula is C25H42N2. The second-order valence-corrected chi connectivity index (χ2v) is 10.3. The van der Waals surface area contributed by atoms with Gasteiger partial charge in [0.25, 0.3) is 0 Å². The van der Waals surface area contributed by atoms with Crippen LogP contribution in [0.3, 0.4) is 0 Å². The number of unbranched alkanes of at least 4 members (excludes halogenated alkanes) is 9. The van der Waals surface area contributed by atoms with Gasteiger partial charge in [-0.15, -0.1) is 0 Å². The van der Waals surface area contributed by atoms with Gasteiger partial charge in [0.1, 0.15) is 5.82 Å². The smallest absolute Gasteiger partial charge is 0.114 e. The molecule has 27 heavy (non-hydrogen) atoms. The maximum atomic E-state index is 4.93. The Kier molecular flexibility index (Phi) is 6.61. The summed E-state index contributed by atoms with van der Waals surface area (Å²) in [6.45, 7) is 3.50. The van der Waals surface area contributed by atoms with Crippen molar-refractivity contribution in [3.05, 3.63) is 18.2 Å². The van der Waals surface area contributed by atoms with Gasteiger partial charge in [-0.1, -0.05) is 64.7 Å². The fraction of sp³-hybridized carbons (Fsp3) is 0.880. The van der Waals surface area contributed by atoms with Gasteiger partial charge < -0.3 is 4.57 Å². The first kappa shape index (κ1) is 19.5. The van der Waals surface area contributed by atoms with Gasteiger partial charge in [0.05, 0.1) is 0 Å². The minimum Gasteiger partial charge on any atom is -0.334 e. The Bertz CT molecular complexity index is 537. The van der Waals surface area contributed by atoms with Gasteiger partial charge in [0.15, 0.2) is 0 Å². The molecule has 2 nitrogen and oxygen atoms in total. The van der Waals surface area contributed by atoms with E-state index >= 15 is 0 Å². The van der Waals surface area contributed by atoms with E-state index in [1.807, 2.05) is 0 Å². The first-order valence-corrected chi connectivity index (χ1v) is 12.3. The molecule has 0 radical (unpaired) electrons. The average Bonchev–Trinajstić information content (AvgIpc) is 3.12. The molecule has 4 fully saturated rings. The largest absolute Gasteiger partial charge is 0.334 e. The summed E-state index contributed by atoms with van der Waals surface area (Å²) >= 11 is 0. The molecule has 4 saturated carbocycles. The third-order valence-electron chi connectivity index (χ3n) is 7.98. The van der Waals surface area contributed by atoms with Gasteiger partial charge in [-0.25, -0.2) is 4.98 Å². The number of imidazole rings is 1. The summed E-state index contributed by atoms with van der Waals surface area (Å²) in [6.07, 6.45) is 27.5. The predicted octanol–water partition coefficient (Wildman–Crippen LogP) is 7.27. The molecule has 0 atom stereocenters. The Morgan fingerprint density at radius 3 is 1.89 bits per heavy atom. The van der Waals surface area contributed by atoms with E-state index in [1.165, 1.54) is 115 Å². The summed E-state index contributed by atoms with van der Waals surface area (Å²) in [5.74, 6) is 4.51. The number of aromatic nitrogens is 2. The molecule has 0 aliphatic heterocycles. The van der Waals surface area contributed by atoms with E-state index in [0.717, 1.165) is 17.8 Å². The van der Waals surface area contributed by atoms with Gasteiger partial charge in [-0.05, 0) is 62.7 Å².